The number of sulfonamides is 1. The smallest absolute Gasteiger partial charge is 0.309 e. The van der Waals surface area contributed by atoms with Crippen molar-refractivity contribution in [3.63, 3.8) is 0 Å². The number of amides is 2. The van der Waals surface area contributed by atoms with Gasteiger partial charge in [0.05, 0.1) is 4.90 Å². The number of nitrogens with zero attached hydrogens (tertiary/aromatic N) is 1. The second kappa shape index (κ2) is 9.14. The highest BCUT2D eigenvalue weighted by atomic mass is 32.2. The third-order valence-corrected chi connectivity index (χ3v) is 6.43. The van der Waals surface area contributed by atoms with Crippen LogP contribution < -0.4 is 10.6 Å². The first-order chi connectivity index (χ1) is 12.3. The third-order valence-electron chi connectivity index (χ3n) is 4.52. The van der Waals surface area contributed by atoms with Crippen molar-refractivity contribution in [3.05, 3.63) is 29.8 Å². The summed E-state index contributed by atoms with van der Waals surface area (Å²) in [6.07, 6.45) is 3.08. The molecule has 0 aliphatic carbocycles. The van der Waals surface area contributed by atoms with Gasteiger partial charge in [0.15, 0.2) is 0 Å². The molecule has 0 radical (unpaired) electrons. The maximum Gasteiger partial charge on any atom is 0.309 e. The summed E-state index contributed by atoms with van der Waals surface area (Å²) in [4.78, 5) is 23.6. The molecule has 1 heterocycles. The van der Waals surface area contributed by atoms with Crippen molar-refractivity contribution in [3.8, 4) is 0 Å². The van der Waals surface area contributed by atoms with Crippen LogP contribution in [0.5, 0.6) is 0 Å². The first-order valence-electron chi connectivity index (χ1n) is 9.02. The first kappa shape index (κ1) is 20.4. The zero-order chi connectivity index (χ0) is 19.2. The van der Waals surface area contributed by atoms with Crippen LogP contribution in [0.1, 0.15) is 38.7 Å². The van der Waals surface area contributed by atoms with E-state index < -0.39 is 21.8 Å². The van der Waals surface area contributed by atoms with Crippen LogP contribution in [-0.2, 0) is 26.0 Å². The average molecular weight is 381 g/mol. The summed E-state index contributed by atoms with van der Waals surface area (Å²) in [5, 5.41) is 5.18. The van der Waals surface area contributed by atoms with Gasteiger partial charge in [0, 0.05) is 25.7 Å². The van der Waals surface area contributed by atoms with Crippen LogP contribution in [0.3, 0.4) is 0 Å². The van der Waals surface area contributed by atoms with Gasteiger partial charge in [-0.3, -0.25) is 9.59 Å². The molecule has 8 heteroatoms. The molecule has 2 N–H and O–H groups in total. The highest BCUT2D eigenvalue weighted by Crippen LogP contribution is 2.21. The van der Waals surface area contributed by atoms with E-state index in [0.29, 0.717) is 31.0 Å². The lowest BCUT2D eigenvalue weighted by Crippen LogP contribution is -2.43. The maximum atomic E-state index is 12.5. The van der Waals surface area contributed by atoms with E-state index in [1.165, 1.54) is 4.31 Å². The van der Waals surface area contributed by atoms with Gasteiger partial charge in [0.2, 0.25) is 10.0 Å². The van der Waals surface area contributed by atoms with E-state index in [2.05, 4.69) is 10.6 Å². The molecule has 0 saturated carbocycles. The summed E-state index contributed by atoms with van der Waals surface area (Å²) in [6, 6.07) is 6.64. The second-order valence-corrected chi connectivity index (χ2v) is 8.48. The summed E-state index contributed by atoms with van der Waals surface area (Å²) in [6.45, 7) is 5.23. The summed E-state index contributed by atoms with van der Waals surface area (Å²) < 4.78 is 26.4. The van der Waals surface area contributed by atoms with Crippen LogP contribution in [0, 0.1) is 0 Å². The minimum absolute atomic E-state index is 0.0432. The van der Waals surface area contributed by atoms with Gasteiger partial charge in [-0.2, -0.15) is 4.31 Å². The van der Waals surface area contributed by atoms with Gasteiger partial charge in [0.1, 0.15) is 0 Å². The van der Waals surface area contributed by atoms with E-state index in [0.717, 1.165) is 24.8 Å². The van der Waals surface area contributed by atoms with Crippen molar-refractivity contribution >= 4 is 21.8 Å². The standard InChI is InChI=1S/C18H27N3O4S/c1-3-14(2)20-18(23)17(22)19-11-10-15-6-8-16(9-7-15)26(24,25)21-12-4-5-13-21/h6-9,14H,3-5,10-13H2,1-2H3,(H,19,22)(H,20,23). The SMILES string of the molecule is CCC(C)NC(=O)C(=O)NCCc1ccc(S(=O)(=O)N2CCCC2)cc1. The number of hydrogen-bond acceptors (Lipinski definition) is 4. The number of carbonyl (C=O) groups excluding carboxylic acids is 2. The van der Waals surface area contributed by atoms with Crippen LogP contribution in [-0.4, -0.2) is 50.2 Å². The van der Waals surface area contributed by atoms with Crippen molar-refractivity contribution in [2.45, 2.75) is 50.5 Å². The molecule has 1 aromatic rings. The van der Waals surface area contributed by atoms with E-state index >= 15 is 0 Å². The highest BCUT2D eigenvalue weighted by Gasteiger charge is 2.26. The lowest BCUT2D eigenvalue weighted by Gasteiger charge is -2.15. The predicted octanol–water partition coefficient (Wildman–Crippen LogP) is 1.04. The van der Waals surface area contributed by atoms with Crippen molar-refractivity contribution < 1.29 is 18.0 Å². The fraction of sp³-hybridized carbons (Fsp3) is 0.556. The van der Waals surface area contributed by atoms with Gasteiger partial charge in [-0.1, -0.05) is 19.1 Å². The molecule has 1 fully saturated rings. The van der Waals surface area contributed by atoms with E-state index in [-0.39, 0.29) is 6.04 Å². The molecule has 144 valence electrons. The Morgan fingerprint density at radius 3 is 2.31 bits per heavy atom. The van der Waals surface area contributed by atoms with Gasteiger partial charge in [-0.15, -0.1) is 0 Å². The Labute approximate surface area is 155 Å². The Hall–Kier alpha value is -1.93. The highest BCUT2D eigenvalue weighted by molar-refractivity contribution is 7.89. The lowest BCUT2D eigenvalue weighted by atomic mass is 10.1. The molecule has 1 saturated heterocycles. The lowest BCUT2D eigenvalue weighted by molar-refractivity contribution is -0.139. The Bertz CT molecular complexity index is 725. The molecule has 7 nitrogen and oxygen atoms in total. The number of benzene rings is 1. The fourth-order valence-corrected chi connectivity index (χ4v) is 4.21. The molecule has 1 atom stereocenters. The van der Waals surface area contributed by atoms with E-state index in [1.54, 1.807) is 24.3 Å². The Morgan fingerprint density at radius 1 is 1.12 bits per heavy atom. The number of hydrogen-bond donors (Lipinski definition) is 2. The topological polar surface area (TPSA) is 95.6 Å². The van der Waals surface area contributed by atoms with Crippen LogP contribution in [0.4, 0.5) is 0 Å². The zero-order valence-corrected chi connectivity index (χ0v) is 16.1. The monoisotopic (exact) mass is 381 g/mol. The molecule has 1 aliphatic heterocycles. The van der Waals surface area contributed by atoms with Crippen LogP contribution >= 0.6 is 0 Å². The quantitative estimate of drug-likeness (QED) is 0.690. The van der Waals surface area contributed by atoms with Gasteiger partial charge >= 0.3 is 11.8 Å². The Morgan fingerprint density at radius 2 is 1.73 bits per heavy atom. The molecular formula is C18H27N3O4S. The minimum Gasteiger partial charge on any atom is -0.348 e. The van der Waals surface area contributed by atoms with Gasteiger partial charge in [-0.25, -0.2) is 8.42 Å². The van der Waals surface area contributed by atoms with Crippen LogP contribution in [0.2, 0.25) is 0 Å². The molecule has 26 heavy (non-hydrogen) atoms. The fourth-order valence-electron chi connectivity index (χ4n) is 2.70. The maximum absolute atomic E-state index is 12.5. The summed E-state index contributed by atoms with van der Waals surface area (Å²) in [7, 11) is -3.40. The summed E-state index contributed by atoms with van der Waals surface area (Å²) >= 11 is 0. The third kappa shape index (κ3) is 5.28. The van der Waals surface area contributed by atoms with Gasteiger partial charge in [0.25, 0.3) is 0 Å². The molecule has 1 unspecified atom stereocenters. The summed E-state index contributed by atoms with van der Waals surface area (Å²) in [5.41, 5.74) is 0.896. The van der Waals surface area contributed by atoms with Crippen molar-refractivity contribution in [1.29, 1.82) is 0 Å². The van der Waals surface area contributed by atoms with E-state index in [9.17, 15) is 18.0 Å². The Kier molecular flexibility index (Phi) is 7.16. The van der Waals surface area contributed by atoms with Crippen molar-refractivity contribution in [2.24, 2.45) is 0 Å². The summed E-state index contributed by atoms with van der Waals surface area (Å²) in [5.74, 6) is -1.29. The van der Waals surface area contributed by atoms with E-state index in [4.69, 9.17) is 0 Å². The molecule has 0 spiro atoms. The van der Waals surface area contributed by atoms with Crippen LogP contribution in [0.15, 0.2) is 29.2 Å². The normalized spacial score (nSPS) is 16.2. The number of nitrogens with one attached hydrogen (secondary N) is 2. The predicted molar refractivity (Wildman–Crippen MR) is 99.0 cm³/mol. The second-order valence-electron chi connectivity index (χ2n) is 6.54. The molecule has 1 aliphatic rings. The average Bonchev–Trinajstić information content (AvgIpc) is 3.17. The number of rotatable bonds is 7. The molecular weight excluding hydrogens is 354 g/mol. The van der Waals surface area contributed by atoms with Crippen LogP contribution in [0.25, 0.3) is 0 Å². The van der Waals surface area contributed by atoms with Gasteiger partial charge in [-0.05, 0) is 50.3 Å². The van der Waals surface area contributed by atoms with Crippen molar-refractivity contribution in [1.82, 2.24) is 14.9 Å². The Balaban J connectivity index is 1.84. The molecule has 0 aromatic heterocycles. The molecule has 2 rings (SSSR count). The number of carbonyl (C=O) groups is 2. The van der Waals surface area contributed by atoms with E-state index in [1.807, 2.05) is 13.8 Å². The first-order valence-corrected chi connectivity index (χ1v) is 10.5. The largest absolute Gasteiger partial charge is 0.348 e. The van der Waals surface area contributed by atoms with Crippen molar-refractivity contribution in [2.75, 3.05) is 19.6 Å². The minimum atomic E-state index is -3.40. The van der Waals surface area contributed by atoms with Gasteiger partial charge < -0.3 is 10.6 Å². The molecule has 0 bridgehead atoms. The molecule has 1 aromatic carbocycles. The zero-order valence-electron chi connectivity index (χ0n) is 15.3. The molecule has 2 amide bonds.